The molecule has 1 aromatic rings. The lowest BCUT2D eigenvalue weighted by Crippen LogP contribution is -2.24. The Kier molecular flexibility index (Phi) is 6.17. The number of methoxy groups -OCH3 is 1. The van der Waals surface area contributed by atoms with Gasteiger partial charge in [0.15, 0.2) is 0 Å². The Labute approximate surface area is 140 Å². The third kappa shape index (κ3) is 4.71. The van der Waals surface area contributed by atoms with Crippen LogP contribution in [0.3, 0.4) is 0 Å². The number of nitrogens with one attached hydrogen (secondary N) is 1. The van der Waals surface area contributed by atoms with E-state index in [4.69, 9.17) is 9.84 Å². The molecule has 0 saturated carbocycles. The van der Waals surface area contributed by atoms with Crippen molar-refractivity contribution in [1.29, 1.82) is 0 Å². The summed E-state index contributed by atoms with van der Waals surface area (Å²) in [5.74, 6) is -0.419. The zero-order valence-corrected chi connectivity index (χ0v) is 13.7. The van der Waals surface area contributed by atoms with Gasteiger partial charge in [-0.15, -0.1) is 0 Å². The van der Waals surface area contributed by atoms with Crippen LogP contribution in [0.25, 0.3) is 0 Å². The Morgan fingerprint density at radius 3 is 2.67 bits per heavy atom. The van der Waals surface area contributed by atoms with E-state index in [0.29, 0.717) is 42.9 Å². The van der Waals surface area contributed by atoms with Gasteiger partial charge in [0.2, 0.25) is 11.8 Å². The molecule has 0 bridgehead atoms. The first-order valence-electron chi connectivity index (χ1n) is 8.01. The number of hydrogen-bond donors (Lipinski definition) is 2. The zero-order valence-electron chi connectivity index (χ0n) is 13.7. The number of nitrogens with zero attached hydrogens (tertiary/aromatic N) is 1. The summed E-state index contributed by atoms with van der Waals surface area (Å²) in [7, 11) is 1.52. The fraction of sp³-hybridized carbons (Fsp3) is 0.471. The average molecular weight is 334 g/mol. The predicted molar refractivity (Wildman–Crippen MR) is 89.3 cm³/mol. The van der Waals surface area contributed by atoms with Crippen molar-refractivity contribution in [2.24, 2.45) is 0 Å². The molecule has 0 aromatic heterocycles. The van der Waals surface area contributed by atoms with E-state index < -0.39 is 5.97 Å². The first-order valence-corrected chi connectivity index (χ1v) is 8.01. The molecule has 1 heterocycles. The maximum absolute atomic E-state index is 11.9. The number of anilines is 2. The molecule has 130 valence electrons. The normalized spacial score (nSPS) is 13.9. The van der Waals surface area contributed by atoms with E-state index >= 15 is 0 Å². The van der Waals surface area contributed by atoms with Crippen LogP contribution in [-0.2, 0) is 14.4 Å². The lowest BCUT2D eigenvalue weighted by molar-refractivity contribution is -0.137. The number of carbonyl (C=O) groups excluding carboxylic acids is 2. The molecule has 0 radical (unpaired) electrons. The van der Waals surface area contributed by atoms with Gasteiger partial charge in [0.05, 0.1) is 12.8 Å². The molecular formula is C17H22N2O5. The summed E-state index contributed by atoms with van der Waals surface area (Å²) in [4.78, 5) is 35.9. The molecular weight excluding hydrogens is 312 g/mol. The molecule has 7 heteroatoms. The van der Waals surface area contributed by atoms with Gasteiger partial charge in [-0.2, -0.15) is 0 Å². The molecule has 0 unspecified atom stereocenters. The highest BCUT2D eigenvalue weighted by Gasteiger charge is 2.24. The van der Waals surface area contributed by atoms with Gasteiger partial charge in [-0.1, -0.05) is 0 Å². The Morgan fingerprint density at radius 1 is 1.29 bits per heavy atom. The first-order chi connectivity index (χ1) is 11.5. The first kappa shape index (κ1) is 17.8. The lowest BCUT2D eigenvalue weighted by Gasteiger charge is -2.19. The summed E-state index contributed by atoms with van der Waals surface area (Å²) in [6.45, 7) is 0.671. The minimum Gasteiger partial charge on any atom is -0.494 e. The van der Waals surface area contributed by atoms with E-state index in [2.05, 4.69) is 5.32 Å². The van der Waals surface area contributed by atoms with Crippen molar-refractivity contribution < 1.29 is 24.2 Å². The Bertz CT molecular complexity index is 629. The van der Waals surface area contributed by atoms with Gasteiger partial charge in [0, 0.05) is 37.6 Å². The molecule has 1 aromatic carbocycles. The van der Waals surface area contributed by atoms with Crippen LogP contribution in [0.4, 0.5) is 11.4 Å². The number of benzene rings is 1. The number of amides is 2. The molecule has 2 rings (SSSR count). The minimum absolute atomic E-state index is 0.0691. The van der Waals surface area contributed by atoms with Crippen molar-refractivity contribution in [2.75, 3.05) is 23.9 Å². The number of carboxylic acids is 1. The van der Waals surface area contributed by atoms with E-state index in [9.17, 15) is 14.4 Å². The quantitative estimate of drug-likeness (QED) is 0.712. The fourth-order valence-electron chi connectivity index (χ4n) is 2.67. The molecule has 2 amide bonds. The highest BCUT2D eigenvalue weighted by molar-refractivity contribution is 5.97. The second kappa shape index (κ2) is 8.33. The molecule has 1 aliphatic rings. The number of carboxylic acid groups (broad SMARTS) is 1. The summed E-state index contributed by atoms with van der Waals surface area (Å²) >= 11 is 0. The van der Waals surface area contributed by atoms with Crippen LogP contribution in [0, 0.1) is 0 Å². The fourth-order valence-corrected chi connectivity index (χ4v) is 2.67. The standard InChI is InChI=1S/C17H22N2O5/c1-24-14-11-12(18-15(20)5-2-3-7-17(22)23)8-9-13(14)19-10-4-6-16(19)21/h8-9,11H,2-7,10H2,1H3,(H,18,20)(H,22,23). The second-order valence-electron chi connectivity index (χ2n) is 5.68. The van der Waals surface area contributed by atoms with E-state index in [0.717, 1.165) is 6.42 Å². The number of ether oxygens (including phenoxy) is 1. The van der Waals surface area contributed by atoms with Gasteiger partial charge in [-0.05, 0) is 31.4 Å². The summed E-state index contributed by atoms with van der Waals surface area (Å²) in [5, 5.41) is 11.3. The van der Waals surface area contributed by atoms with Crippen LogP contribution < -0.4 is 15.0 Å². The van der Waals surface area contributed by atoms with Gasteiger partial charge in [-0.25, -0.2) is 0 Å². The van der Waals surface area contributed by atoms with Crippen molar-refractivity contribution in [1.82, 2.24) is 0 Å². The maximum atomic E-state index is 11.9. The summed E-state index contributed by atoms with van der Waals surface area (Å²) in [5.41, 5.74) is 1.30. The van der Waals surface area contributed by atoms with E-state index in [1.807, 2.05) is 0 Å². The monoisotopic (exact) mass is 334 g/mol. The topological polar surface area (TPSA) is 95.9 Å². The number of aliphatic carboxylic acids is 1. The van der Waals surface area contributed by atoms with Crippen LogP contribution in [0.15, 0.2) is 18.2 Å². The molecule has 7 nitrogen and oxygen atoms in total. The zero-order chi connectivity index (χ0) is 17.5. The smallest absolute Gasteiger partial charge is 0.303 e. The maximum Gasteiger partial charge on any atom is 0.303 e. The number of carbonyl (C=O) groups is 3. The summed E-state index contributed by atoms with van der Waals surface area (Å²) < 4.78 is 5.34. The van der Waals surface area contributed by atoms with Crippen LogP contribution in [0.1, 0.15) is 38.5 Å². The van der Waals surface area contributed by atoms with Gasteiger partial charge in [-0.3, -0.25) is 14.4 Å². The van der Waals surface area contributed by atoms with Gasteiger partial charge < -0.3 is 20.1 Å². The van der Waals surface area contributed by atoms with Crippen LogP contribution >= 0.6 is 0 Å². The third-order valence-electron chi connectivity index (χ3n) is 3.87. The second-order valence-corrected chi connectivity index (χ2v) is 5.68. The molecule has 0 spiro atoms. The van der Waals surface area contributed by atoms with Crippen LogP contribution in [0.5, 0.6) is 5.75 Å². The SMILES string of the molecule is COc1cc(NC(=O)CCCCC(=O)O)ccc1N1CCCC1=O. The Hall–Kier alpha value is -2.57. The van der Waals surface area contributed by atoms with Crippen molar-refractivity contribution in [3.63, 3.8) is 0 Å². The van der Waals surface area contributed by atoms with Crippen molar-refractivity contribution in [3.05, 3.63) is 18.2 Å². The molecule has 0 atom stereocenters. The summed E-state index contributed by atoms with van der Waals surface area (Å²) in [6, 6.07) is 5.19. The van der Waals surface area contributed by atoms with Crippen molar-refractivity contribution >= 4 is 29.2 Å². The van der Waals surface area contributed by atoms with E-state index in [1.54, 1.807) is 23.1 Å². The highest BCUT2D eigenvalue weighted by atomic mass is 16.5. The van der Waals surface area contributed by atoms with Gasteiger partial charge >= 0.3 is 5.97 Å². The molecule has 0 aliphatic carbocycles. The molecule has 24 heavy (non-hydrogen) atoms. The van der Waals surface area contributed by atoms with Crippen LogP contribution in [0.2, 0.25) is 0 Å². The minimum atomic E-state index is -0.854. The van der Waals surface area contributed by atoms with Crippen LogP contribution in [-0.4, -0.2) is 36.5 Å². The molecule has 1 saturated heterocycles. The Balaban J connectivity index is 1.95. The van der Waals surface area contributed by atoms with Crippen molar-refractivity contribution in [3.8, 4) is 5.75 Å². The summed E-state index contributed by atoms with van der Waals surface area (Å²) in [6.07, 6.45) is 2.70. The average Bonchev–Trinajstić information content (AvgIpc) is 2.97. The van der Waals surface area contributed by atoms with E-state index in [-0.39, 0.29) is 24.7 Å². The molecule has 2 N–H and O–H groups in total. The number of rotatable bonds is 8. The van der Waals surface area contributed by atoms with E-state index in [1.165, 1.54) is 7.11 Å². The number of hydrogen-bond acceptors (Lipinski definition) is 4. The third-order valence-corrected chi connectivity index (χ3v) is 3.87. The molecule has 1 fully saturated rings. The highest BCUT2D eigenvalue weighted by Crippen LogP contribution is 2.33. The van der Waals surface area contributed by atoms with Gasteiger partial charge in [0.25, 0.3) is 0 Å². The lowest BCUT2D eigenvalue weighted by atomic mass is 10.2. The molecule has 1 aliphatic heterocycles. The van der Waals surface area contributed by atoms with Crippen molar-refractivity contribution in [2.45, 2.75) is 38.5 Å². The van der Waals surface area contributed by atoms with Gasteiger partial charge in [0.1, 0.15) is 5.75 Å². The predicted octanol–water partition coefficient (Wildman–Crippen LogP) is 2.41. The Morgan fingerprint density at radius 2 is 2.04 bits per heavy atom. The largest absolute Gasteiger partial charge is 0.494 e. The number of unbranched alkanes of at least 4 members (excludes halogenated alkanes) is 1.